The van der Waals surface area contributed by atoms with Crippen LogP contribution in [0.5, 0.6) is 0 Å². The van der Waals surface area contributed by atoms with Crippen LogP contribution >= 0.6 is 0 Å². The highest BCUT2D eigenvalue weighted by Gasteiger charge is 2.47. The molecule has 0 amide bonds. The summed E-state index contributed by atoms with van der Waals surface area (Å²) in [5.74, 6) is 0.932. The summed E-state index contributed by atoms with van der Waals surface area (Å²) < 4.78 is 11.8. The Labute approximate surface area is 98.7 Å². The first-order valence-corrected chi connectivity index (χ1v) is 7.03. The van der Waals surface area contributed by atoms with Gasteiger partial charge in [0.25, 0.3) is 0 Å². The van der Waals surface area contributed by atoms with Gasteiger partial charge in [0, 0.05) is 6.61 Å². The molecule has 2 heteroatoms. The molecule has 1 aliphatic heterocycles. The molecule has 0 spiro atoms. The van der Waals surface area contributed by atoms with E-state index in [2.05, 4.69) is 6.92 Å². The van der Waals surface area contributed by atoms with Gasteiger partial charge in [-0.3, -0.25) is 0 Å². The van der Waals surface area contributed by atoms with Crippen molar-refractivity contribution in [3.05, 3.63) is 0 Å². The molecule has 3 rings (SSSR count). The lowest BCUT2D eigenvalue weighted by molar-refractivity contribution is -0.188. The Balaban J connectivity index is 1.54. The lowest BCUT2D eigenvalue weighted by atomic mass is 9.83. The molecule has 16 heavy (non-hydrogen) atoms. The van der Waals surface area contributed by atoms with Crippen LogP contribution in [0.1, 0.15) is 58.3 Å². The van der Waals surface area contributed by atoms with Crippen LogP contribution in [0.2, 0.25) is 0 Å². The van der Waals surface area contributed by atoms with E-state index in [1.54, 1.807) is 0 Å². The molecule has 2 aliphatic carbocycles. The minimum absolute atomic E-state index is 0.112. The Kier molecular flexibility index (Phi) is 2.97. The number of hydrogen-bond donors (Lipinski definition) is 0. The maximum atomic E-state index is 6.13. The zero-order valence-corrected chi connectivity index (χ0v) is 10.4. The number of hydrogen-bond acceptors (Lipinski definition) is 2. The van der Waals surface area contributed by atoms with Crippen molar-refractivity contribution in [1.29, 1.82) is 0 Å². The van der Waals surface area contributed by atoms with Crippen molar-refractivity contribution < 1.29 is 9.47 Å². The van der Waals surface area contributed by atoms with E-state index in [4.69, 9.17) is 9.47 Å². The molecule has 0 bridgehead atoms. The van der Waals surface area contributed by atoms with Gasteiger partial charge in [-0.25, -0.2) is 0 Å². The van der Waals surface area contributed by atoms with E-state index in [1.807, 2.05) is 0 Å². The molecule has 0 radical (unpaired) electrons. The van der Waals surface area contributed by atoms with Crippen LogP contribution in [0, 0.1) is 11.3 Å². The maximum absolute atomic E-state index is 6.13. The maximum Gasteiger partial charge on any atom is 0.157 e. The molecule has 92 valence electrons. The lowest BCUT2D eigenvalue weighted by Crippen LogP contribution is -2.27. The summed E-state index contributed by atoms with van der Waals surface area (Å²) in [4.78, 5) is 0. The van der Waals surface area contributed by atoms with E-state index in [1.165, 1.54) is 44.9 Å². The zero-order valence-electron chi connectivity index (χ0n) is 10.4. The van der Waals surface area contributed by atoms with E-state index >= 15 is 0 Å². The van der Waals surface area contributed by atoms with Gasteiger partial charge < -0.3 is 9.47 Å². The molecule has 0 N–H and O–H groups in total. The van der Waals surface area contributed by atoms with Gasteiger partial charge in [-0.05, 0) is 56.3 Å². The average Bonchev–Trinajstić information content (AvgIpc) is 2.74. The van der Waals surface area contributed by atoms with Crippen LogP contribution in [0.15, 0.2) is 0 Å². The first-order chi connectivity index (χ1) is 7.76. The van der Waals surface area contributed by atoms with E-state index in [0.717, 1.165) is 18.9 Å². The SMILES string of the molecule is CC12CCCC1CC(OC1CCCCO1)C2. The molecule has 1 saturated heterocycles. The quantitative estimate of drug-likeness (QED) is 0.714. The van der Waals surface area contributed by atoms with Crippen molar-refractivity contribution in [1.82, 2.24) is 0 Å². The molecule has 0 aromatic carbocycles. The largest absolute Gasteiger partial charge is 0.353 e. The molecule has 3 fully saturated rings. The van der Waals surface area contributed by atoms with Crippen molar-refractivity contribution in [2.24, 2.45) is 11.3 Å². The molecule has 1 heterocycles. The first-order valence-electron chi connectivity index (χ1n) is 7.03. The van der Waals surface area contributed by atoms with Gasteiger partial charge in [0.05, 0.1) is 6.10 Å². The van der Waals surface area contributed by atoms with Crippen LogP contribution in [0.3, 0.4) is 0 Å². The van der Waals surface area contributed by atoms with Gasteiger partial charge >= 0.3 is 0 Å². The second-order valence-electron chi connectivity index (χ2n) is 6.24. The summed E-state index contributed by atoms with van der Waals surface area (Å²) >= 11 is 0. The van der Waals surface area contributed by atoms with Crippen molar-refractivity contribution in [3.8, 4) is 0 Å². The fraction of sp³-hybridized carbons (Fsp3) is 1.00. The van der Waals surface area contributed by atoms with Crippen LogP contribution in [-0.4, -0.2) is 19.0 Å². The van der Waals surface area contributed by atoms with Crippen molar-refractivity contribution in [3.63, 3.8) is 0 Å². The molecule has 2 saturated carbocycles. The second kappa shape index (κ2) is 4.30. The van der Waals surface area contributed by atoms with Gasteiger partial charge in [0.2, 0.25) is 0 Å². The Morgan fingerprint density at radius 1 is 1.19 bits per heavy atom. The summed E-state index contributed by atoms with van der Waals surface area (Å²) in [6, 6.07) is 0. The topological polar surface area (TPSA) is 18.5 Å². The third-order valence-corrected chi connectivity index (χ3v) is 5.01. The van der Waals surface area contributed by atoms with Crippen LogP contribution in [0.25, 0.3) is 0 Å². The van der Waals surface area contributed by atoms with Crippen LogP contribution in [-0.2, 0) is 9.47 Å². The second-order valence-corrected chi connectivity index (χ2v) is 6.24. The monoisotopic (exact) mass is 224 g/mol. The average molecular weight is 224 g/mol. The summed E-state index contributed by atoms with van der Waals surface area (Å²) in [6.45, 7) is 3.37. The molecule has 3 aliphatic rings. The van der Waals surface area contributed by atoms with E-state index < -0.39 is 0 Å². The van der Waals surface area contributed by atoms with Gasteiger partial charge in [0.15, 0.2) is 6.29 Å². The van der Waals surface area contributed by atoms with Crippen molar-refractivity contribution >= 4 is 0 Å². The van der Waals surface area contributed by atoms with Gasteiger partial charge in [-0.1, -0.05) is 13.3 Å². The van der Waals surface area contributed by atoms with E-state index in [9.17, 15) is 0 Å². The van der Waals surface area contributed by atoms with Crippen LogP contribution < -0.4 is 0 Å². The van der Waals surface area contributed by atoms with E-state index in [0.29, 0.717) is 11.5 Å². The molecular weight excluding hydrogens is 200 g/mol. The number of ether oxygens (including phenoxy) is 2. The van der Waals surface area contributed by atoms with Gasteiger partial charge in [0.1, 0.15) is 0 Å². The molecule has 0 aromatic rings. The highest BCUT2D eigenvalue weighted by molar-refractivity contribution is 4.97. The number of rotatable bonds is 2. The minimum Gasteiger partial charge on any atom is -0.353 e. The third kappa shape index (κ3) is 2.02. The Hall–Kier alpha value is -0.0800. The highest BCUT2D eigenvalue weighted by atomic mass is 16.7. The first kappa shape index (κ1) is 11.0. The Morgan fingerprint density at radius 3 is 2.88 bits per heavy atom. The summed E-state index contributed by atoms with van der Waals surface area (Å²) in [7, 11) is 0. The van der Waals surface area contributed by atoms with Crippen LogP contribution in [0.4, 0.5) is 0 Å². The summed E-state index contributed by atoms with van der Waals surface area (Å²) in [6.07, 6.45) is 11.0. The molecular formula is C14H24O2. The van der Waals surface area contributed by atoms with E-state index in [-0.39, 0.29) is 6.29 Å². The van der Waals surface area contributed by atoms with Crippen molar-refractivity contribution in [2.45, 2.75) is 70.7 Å². The predicted octanol–water partition coefficient (Wildman–Crippen LogP) is 3.50. The predicted molar refractivity (Wildman–Crippen MR) is 63.1 cm³/mol. The van der Waals surface area contributed by atoms with Crippen molar-refractivity contribution in [2.75, 3.05) is 6.61 Å². The minimum atomic E-state index is 0.112. The van der Waals surface area contributed by atoms with Gasteiger partial charge in [-0.15, -0.1) is 0 Å². The fourth-order valence-corrected chi connectivity index (χ4v) is 4.03. The summed E-state index contributed by atoms with van der Waals surface area (Å²) in [5.41, 5.74) is 0.597. The Morgan fingerprint density at radius 2 is 2.12 bits per heavy atom. The lowest BCUT2D eigenvalue weighted by Gasteiger charge is -2.27. The fourth-order valence-electron chi connectivity index (χ4n) is 4.03. The zero-order chi connectivity index (χ0) is 11.0. The number of fused-ring (bicyclic) bond motifs is 1. The highest BCUT2D eigenvalue weighted by Crippen LogP contribution is 2.54. The molecule has 0 aromatic heterocycles. The summed E-state index contributed by atoms with van der Waals surface area (Å²) in [5, 5.41) is 0. The van der Waals surface area contributed by atoms with Gasteiger partial charge in [-0.2, -0.15) is 0 Å². The molecule has 2 nitrogen and oxygen atoms in total. The smallest absolute Gasteiger partial charge is 0.157 e. The standard InChI is InChI=1S/C14H24O2/c1-14-7-4-5-11(14)9-12(10-14)16-13-6-2-3-8-15-13/h11-13H,2-10H2,1H3. The normalized spacial score (nSPS) is 48.2. The third-order valence-electron chi connectivity index (χ3n) is 5.01. The molecule has 4 atom stereocenters. The molecule has 4 unspecified atom stereocenters. The Bertz CT molecular complexity index is 247.